The van der Waals surface area contributed by atoms with E-state index in [1.807, 2.05) is 0 Å². The van der Waals surface area contributed by atoms with Crippen LogP contribution in [0.25, 0.3) is 0 Å². The number of ether oxygens (including phenoxy) is 1. The standard InChI is InChI=1S/C8H14BrFO3/c1-4-13-7(12)8(9,10)6(11)5(2)3/h5-6,11H,4H2,1-3H3/t6-,8-/m1/s1. The number of carbonyl (C=O) groups is 1. The third kappa shape index (κ3) is 3.23. The van der Waals surface area contributed by atoms with Crippen LogP contribution in [-0.2, 0) is 9.53 Å². The van der Waals surface area contributed by atoms with Crippen LogP contribution in [0.15, 0.2) is 0 Å². The molecule has 0 saturated heterocycles. The second kappa shape index (κ2) is 4.91. The van der Waals surface area contributed by atoms with Gasteiger partial charge in [-0.3, -0.25) is 0 Å². The van der Waals surface area contributed by atoms with Gasteiger partial charge in [-0.15, -0.1) is 0 Å². The van der Waals surface area contributed by atoms with E-state index in [2.05, 4.69) is 20.7 Å². The molecule has 1 N–H and O–H groups in total. The van der Waals surface area contributed by atoms with Crippen molar-refractivity contribution in [3.05, 3.63) is 0 Å². The minimum atomic E-state index is -2.50. The molecule has 0 aliphatic carbocycles. The van der Waals surface area contributed by atoms with E-state index in [0.717, 1.165) is 0 Å². The van der Waals surface area contributed by atoms with E-state index >= 15 is 0 Å². The summed E-state index contributed by atoms with van der Waals surface area (Å²) in [5.41, 5.74) is 0. The molecule has 13 heavy (non-hydrogen) atoms. The Kier molecular flexibility index (Phi) is 4.85. The van der Waals surface area contributed by atoms with Crippen molar-refractivity contribution in [2.75, 3.05) is 6.61 Å². The minimum absolute atomic E-state index is 0.0842. The molecule has 0 aliphatic rings. The summed E-state index contributed by atoms with van der Waals surface area (Å²) in [7, 11) is 0. The number of carbonyl (C=O) groups excluding carboxylic acids is 1. The lowest BCUT2D eigenvalue weighted by atomic mass is 10.0. The first-order valence-corrected chi connectivity index (χ1v) is 4.86. The molecule has 0 aromatic rings. The third-order valence-corrected chi connectivity index (χ3v) is 2.34. The van der Waals surface area contributed by atoms with E-state index in [-0.39, 0.29) is 12.5 Å². The fourth-order valence-corrected chi connectivity index (χ4v) is 1.41. The lowest BCUT2D eigenvalue weighted by molar-refractivity contribution is -0.157. The van der Waals surface area contributed by atoms with Gasteiger partial charge in [-0.1, -0.05) is 13.8 Å². The number of hydrogen-bond acceptors (Lipinski definition) is 3. The van der Waals surface area contributed by atoms with Gasteiger partial charge < -0.3 is 9.84 Å². The van der Waals surface area contributed by atoms with Gasteiger partial charge >= 0.3 is 5.97 Å². The number of esters is 1. The number of alkyl halides is 2. The number of aliphatic hydroxyl groups excluding tert-OH is 1. The molecule has 0 amide bonds. The normalized spacial score (nSPS) is 18.1. The Morgan fingerprint density at radius 3 is 2.46 bits per heavy atom. The summed E-state index contributed by atoms with van der Waals surface area (Å²) >= 11 is 2.52. The summed E-state index contributed by atoms with van der Waals surface area (Å²) in [6, 6.07) is 0. The van der Waals surface area contributed by atoms with Crippen molar-refractivity contribution in [1.29, 1.82) is 0 Å². The van der Waals surface area contributed by atoms with Crippen molar-refractivity contribution >= 4 is 21.9 Å². The van der Waals surface area contributed by atoms with Gasteiger partial charge in [-0.05, 0) is 28.8 Å². The van der Waals surface area contributed by atoms with Gasteiger partial charge in [0.2, 0.25) is 0 Å². The molecule has 0 spiro atoms. The van der Waals surface area contributed by atoms with Gasteiger partial charge in [0.05, 0.1) is 6.61 Å². The Morgan fingerprint density at radius 1 is 1.69 bits per heavy atom. The summed E-state index contributed by atoms with van der Waals surface area (Å²) in [6.45, 7) is 4.88. The summed E-state index contributed by atoms with van der Waals surface area (Å²) in [5.74, 6) is -1.45. The van der Waals surface area contributed by atoms with Crippen molar-refractivity contribution in [1.82, 2.24) is 0 Å². The van der Waals surface area contributed by atoms with Gasteiger partial charge in [0.1, 0.15) is 6.10 Å². The largest absolute Gasteiger partial charge is 0.463 e. The zero-order valence-electron chi connectivity index (χ0n) is 7.88. The average Bonchev–Trinajstić information content (AvgIpc) is 2.03. The summed E-state index contributed by atoms with van der Waals surface area (Å²) in [5, 5.41) is 9.33. The van der Waals surface area contributed by atoms with Crippen LogP contribution in [0, 0.1) is 5.92 Å². The van der Waals surface area contributed by atoms with Crippen LogP contribution in [0.5, 0.6) is 0 Å². The predicted molar refractivity (Wildman–Crippen MR) is 50.2 cm³/mol. The van der Waals surface area contributed by atoms with Crippen LogP contribution >= 0.6 is 15.9 Å². The molecule has 0 radical (unpaired) electrons. The lowest BCUT2D eigenvalue weighted by Gasteiger charge is -2.24. The summed E-state index contributed by atoms with van der Waals surface area (Å²) in [6.07, 6.45) is -1.41. The van der Waals surface area contributed by atoms with Crippen LogP contribution in [-0.4, -0.2) is 28.4 Å². The molecule has 2 atom stereocenters. The Labute approximate surface area is 85.4 Å². The minimum Gasteiger partial charge on any atom is -0.463 e. The van der Waals surface area contributed by atoms with E-state index in [4.69, 9.17) is 0 Å². The Morgan fingerprint density at radius 2 is 2.15 bits per heavy atom. The van der Waals surface area contributed by atoms with Gasteiger partial charge in [0, 0.05) is 0 Å². The van der Waals surface area contributed by atoms with E-state index in [1.165, 1.54) is 0 Å². The zero-order chi connectivity index (χ0) is 10.6. The second-order valence-corrected chi connectivity index (χ2v) is 4.19. The summed E-state index contributed by atoms with van der Waals surface area (Å²) in [4.78, 5) is 11.0. The van der Waals surface area contributed by atoms with Crippen molar-refractivity contribution in [3.63, 3.8) is 0 Å². The van der Waals surface area contributed by atoms with E-state index in [1.54, 1.807) is 20.8 Å². The number of rotatable bonds is 4. The first-order valence-electron chi connectivity index (χ1n) is 4.07. The quantitative estimate of drug-likeness (QED) is 0.615. The molecule has 0 aromatic heterocycles. The van der Waals surface area contributed by atoms with E-state index in [9.17, 15) is 14.3 Å². The molecule has 3 nitrogen and oxygen atoms in total. The highest BCUT2D eigenvalue weighted by molar-refractivity contribution is 9.10. The number of aliphatic hydroxyl groups is 1. The fraction of sp³-hybridized carbons (Fsp3) is 0.875. The van der Waals surface area contributed by atoms with Crippen LogP contribution in [0.1, 0.15) is 20.8 Å². The zero-order valence-corrected chi connectivity index (χ0v) is 9.47. The maximum Gasteiger partial charge on any atom is 0.357 e. The number of hydrogen-bond donors (Lipinski definition) is 1. The third-order valence-electron chi connectivity index (χ3n) is 1.55. The van der Waals surface area contributed by atoms with Crippen LogP contribution in [0.3, 0.4) is 0 Å². The van der Waals surface area contributed by atoms with Gasteiger partial charge in [-0.25, -0.2) is 9.18 Å². The van der Waals surface area contributed by atoms with Crippen molar-refractivity contribution in [3.8, 4) is 0 Å². The molecule has 0 fully saturated rings. The molecule has 5 heteroatoms. The fourth-order valence-electron chi connectivity index (χ4n) is 0.767. The lowest BCUT2D eigenvalue weighted by Crippen LogP contribution is -2.44. The first-order chi connectivity index (χ1) is 5.84. The smallest absolute Gasteiger partial charge is 0.357 e. The molecule has 0 aromatic carbocycles. The Bertz CT molecular complexity index is 182. The molecule has 0 unspecified atom stereocenters. The molecule has 0 saturated carbocycles. The van der Waals surface area contributed by atoms with Crippen LogP contribution < -0.4 is 0 Å². The molecular formula is C8H14BrFO3. The number of halogens is 2. The van der Waals surface area contributed by atoms with Crippen molar-refractivity contribution < 1.29 is 19.0 Å². The van der Waals surface area contributed by atoms with Crippen molar-refractivity contribution in [2.45, 2.75) is 31.5 Å². The highest BCUT2D eigenvalue weighted by Gasteiger charge is 2.46. The highest BCUT2D eigenvalue weighted by atomic mass is 79.9. The molecule has 0 heterocycles. The topological polar surface area (TPSA) is 46.5 Å². The monoisotopic (exact) mass is 256 g/mol. The van der Waals surface area contributed by atoms with E-state index < -0.39 is 16.7 Å². The van der Waals surface area contributed by atoms with Gasteiger partial charge in [0.15, 0.2) is 0 Å². The molecule has 0 bridgehead atoms. The van der Waals surface area contributed by atoms with Gasteiger partial charge in [-0.2, -0.15) is 0 Å². The molecule has 0 aliphatic heterocycles. The van der Waals surface area contributed by atoms with Crippen molar-refractivity contribution in [2.24, 2.45) is 5.92 Å². The summed E-state index contributed by atoms with van der Waals surface area (Å²) < 4.78 is 15.5. The van der Waals surface area contributed by atoms with Crippen LogP contribution in [0.2, 0.25) is 0 Å². The first kappa shape index (κ1) is 12.8. The Hall–Kier alpha value is -0.160. The van der Waals surface area contributed by atoms with E-state index in [0.29, 0.717) is 0 Å². The Balaban J connectivity index is 4.45. The molecule has 0 rings (SSSR count). The predicted octanol–water partition coefficient (Wildman–Crippen LogP) is 1.63. The van der Waals surface area contributed by atoms with Crippen LogP contribution in [0.4, 0.5) is 4.39 Å². The average molecular weight is 257 g/mol. The molecular weight excluding hydrogens is 243 g/mol. The second-order valence-electron chi connectivity index (χ2n) is 3.03. The maximum atomic E-state index is 13.5. The molecule has 78 valence electrons. The SMILES string of the molecule is CCOC(=O)[C@@](F)(Br)[C@H](O)C(C)C. The highest BCUT2D eigenvalue weighted by Crippen LogP contribution is 2.30. The maximum absolute atomic E-state index is 13.5. The van der Waals surface area contributed by atoms with Gasteiger partial charge in [0.25, 0.3) is 4.58 Å².